The van der Waals surface area contributed by atoms with Crippen molar-refractivity contribution in [3.8, 4) is 0 Å². The molecule has 0 aromatic heterocycles. The molecule has 8 heteroatoms. The van der Waals surface area contributed by atoms with Crippen LogP contribution in [0.4, 0.5) is 0 Å². The van der Waals surface area contributed by atoms with E-state index in [1.165, 1.54) is 0 Å². The van der Waals surface area contributed by atoms with Gasteiger partial charge in [0.05, 0.1) is 6.61 Å². The van der Waals surface area contributed by atoms with E-state index in [1.807, 2.05) is 6.92 Å². The Kier molecular flexibility index (Phi) is 15.9. The van der Waals surface area contributed by atoms with Crippen LogP contribution < -0.4 is 0 Å². The van der Waals surface area contributed by atoms with Crippen molar-refractivity contribution in [2.24, 2.45) is 0 Å². The van der Waals surface area contributed by atoms with Crippen LogP contribution in [0, 0.1) is 0 Å². The van der Waals surface area contributed by atoms with Crippen LogP contribution in [0.15, 0.2) is 0 Å². The maximum atomic E-state index is 5.60. The maximum absolute atomic E-state index is 5.60. The molecule has 0 rings (SSSR count). The Morgan fingerprint density at radius 2 is 1.12 bits per heavy atom. The Balaban J connectivity index is 4.51. The van der Waals surface area contributed by atoms with Gasteiger partial charge in [0.1, 0.15) is 0 Å². The van der Waals surface area contributed by atoms with Gasteiger partial charge < -0.3 is 28.6 Å². The Hall–Kier alpha value is 0.620. The predicted octanol–water partition coefficient (Wildman–Crippen LogP) is 3.40. The lowest BCUT2D eigenvalue weighted by atomic mass is 10.4. The molecule has 0 radical (unpaired) electrons. The molecule has 2 unspecified atom stereocenters. The second-order valence-corrected chi connectivity index (χ2v) is 9.15. The molecule has 0 amide bonds. The third kappa shape index (κ3) is 9.71. The van der Waals surface area contributed by atoms with Crippen LogP contribution in [0.2, 0.25) is 0 Å². The number of rotatable bonds is 18. The zero-order chi connectivity index (χ0) is 19.9. The highest BCUT2D eigenvalue weighted by molar-refractivity contribution is 7.39. The van der Waals surface area contributed by atoms with Gasteiger partial charge >= 0.3 is 0 Å². The molecule has 26 heavy (non-hydrogen) atoms. The summed E-state index contributed by atoms with van der Waals surface area (Å²) in [5, 5.41) is 0. The third-order valence-electron chi connectivity index (χ3n) is 4.65. The van der Waals surface area contributed by atoms with Gasteiger partial charge in [0, 0.05) is 67.5 Å². The first-order valence-electron chi connectivity index (χ1n) is 9.51. The summed E-state index contributed by atoms with van der Waals surface area (Å²) < 4.78 is 28.0. The third-order valence-corrected chi connectivity index (χ3v) is 8.20. The van der Waals surface area contributed by atoms with Gasteiger partial charge in [-0.15, -0.1) is 0 Å². The van der Waals surface area contributed by atoms with Crippen molar-refractivity contribution in [2.45, 2.75) is 44.7 Å². The van der Waals surface area contributed by atoms with Crippen LogP contribution in [0.3, 0.4) is 0 Å². The lowest BCUT2D eigenvalue weighted by Crippen LogP contribution is -2.35. The lowest BCUT2D eigenvalue weighted by Gasteiger charge is -2.32. The van der Waals surface area contributed by atoms with E-state index in [2.05, 4.69) is 18.7 Å². The molecule has 0 aromatic carbocycles. The SMILES string of the molecule is CCOCCN(CCPC(CC)(OC)OC)CCPC(CC)(OC)OC. The fraction of sp³-hybridized carbons (Fsp3) is 1.00. The second kappa shape index (κ2) is 15.5. The summed E-state index contributed by atoms with van der Waals surface area (Å²) in [6.07, 6.45) is 3.83. The summed E-state index contributed by atoms with van der Waals surface area (Å²) in [6.45, 7) is 10.8. The minimum Gasteiger partial charge on any atom is -0.380 e. The van der Waals surface area contributed by atoms with Gasteiger partial charge in [-0.1, -0.05) is 31.0 Å². The first-order chi connectivity index (χ1) is 12.5. The average Bonchev–Trinajstić information content (AvgIpc) is 2.69. The van der Waals surface area contributed by atoms with Gasteiger partial charge in [-0.2, -0.15) is 0 Å². The molecule has 0 aliphatic heterocycles. The molecular formula is C18H41NO5P2. The fourth-order valence-corrected chi connectivity index (χ4v) is 5.46. The number of ether oxygens (including phenoxy) is 5. The number of methoxy groups -OCH3 is 4. The van der Waals surface area contributed by atoms with Crippen LogP contribution in [0.1, 0.15) is 33.6 Å². The van der Waals surface area contributed by atoms with Crippen molar-refractivity contribution < 1.29 is 23.7 Å². The molecule has 0 fully saturated rings. The highest BCUT2D eigenvalue weighted by atomic mass is 31.1. The summed E-state index contributed by atoms with van der Waals surface area (Å²) >= 11 is 0. The second-order valence-electron chi connectivity index (χ2n) is 5.92. The predicted molar refractivity (Wildman–Crippen MR) is 113 cm³/mol. The van der Waals surface area contributed by atoms with E-state index in [9.17, 15) is 0 Å². The van der Waals surface area contributed by atoms with Crippen molar-refractivity contribution in [3.63, 3.8) is 0 Å². The van der Waals surface area contributed by atoms with E-state index in [0.717, 1.165) is 58.0 Å². The van der Waals surface area contributed by atoms with E-state index in [-0.39, 0.29) is 0 Å². The van der Waals surface area contributed by atoms with Gasteiger partial charge in [0.2, 0.25) is 0 Å². The lowest BCUT2D eigenvalue weighted by molar-refractivity contribution is -0.138. The van der Waals surface area contributed by atoms with Crippen LogP contribution in [0.5, 0.6) is 0 Å². The van der Waals surface area contributed by atoms with Crippen molar-refractivity contribution in [2.75, 3.05) is 73.6 Å². The number of hydrogen-bond acceptors (Lipinski definition) is 6. The summed E-state index contributed by atoms with van der Waals surface area (Å²) in [5.74, 6) is 0. The minimum atomic E-state index is -0.434. The summed E-state index contributed by atoms with van der Waals surface area (Å²) in [7, 11) is 8.14. The molecule has 0 aliphatic rings. The average molecular weight is 413 g/mol. The number of nitrogens with zero attached hydrogens (tertiary/aromatic N) is 1. The Labute approximate surface area is 164 Å². The molecule has 6 nitrogen and oxygen atoms in total. The molecule has 2 atom stereocenters. The van der Waals surface area contributed by atoms with E-state index < -0.39 is 11.1 Å². The monoisotopic (exact) mass is 413 g/mol. The summed E-state index contributed by atoms with van der Waals surface area (Å²) in [4.78, 5) is 2.47. The Morgan fingerprint density at radius 3 is 1.42 bits per heavy atom. The standard InChI is InChI=1S/C18H41NO5P2/c1-8-17(20-4,21-5)25-15-12-19(11-14-24-10-3)13-16-26-18(9-2,22-6)23-7/h25-26H,8-16H2,1-7H3. The molecule has 0 saturated heterocycles. The van der Waals surface area contributed by atoms with E-state index in [4.69, 9.17) is 23.7 Å². The van der Waals surface area contributed by atoms with Crippen LogP contribution in [-0.2, 0) is 23.7 Å². The van der Waals surface area contributed by atoms with Crippen LogP contribution >= 0.6 is 17.2 Å². The zero-order valence-corrected chi connectivity index (χ0v) is 19.9. The molecular weight excluding hydrogens is 372 g/mol. The molecule has 0 bridgehead atoms. The molecule has 0 spiro atoms. The van der Waals surface area contributed by atoms with Crippen molar-refractivity contribution in [3.05, 3.63) is 0 Å². The zero-order valence-electron chi connectivity index (χ0n) is 17.9. The van der Waals surface area contributed by atoms with Crippen molar-refractivity contribution >= 4 is 17.2 Å². The van der Waals surface area contributed by atoms with Crippen LogP contribution in [-0.4, -0.2) is 89.6 Å². The summed E-state index contributed by atoms with van der Waals surface area (Å²) in [5.41, 5.74) is -0.867. The van der Waals surface area contributed by atoms with Gasteiger partial charge in [-0.25, -0.2) is 0 Å². The van der Waals surface area contributed by atoms with Crippen molar-refractivity contribution in [1.82, 2.24) is 4.90 Å². The van der Waals surface area contributed by atoms with Gasteiger partial charge in [-0.3, -0.25) is 0 Å². The quantitative estimate of drug-likeness (QED) is 0.195. The number of hydrogen-bond donors (Lipinski definition) is 0. The highest BCUT2D eigenvalue weighted by Crippen LogP contribution is 2.37. The molecule has 0 aromatic rings. The van der Waals surface area contributed by atoms with E-state index in [0.29, 0.717) is 17.2 Å². The normalized spacial score (nSPS) is 13.8. The molecule has 0 heterocycles. The summed E-state index contributed by atoms with van der Waals surface area (Å²) in [6, 6.07) is 0. The minimum absolute atomic E-state index is 0.434. The Bertz CT molecular complexity index is 286. The van der Waals surface area contributed by atoms with E-state index in [1.54, 1.807) is 28.4 Å². The van der Waals surface area contributed by atoms with Gasteiger partial charge in [0.25, 0.3) is 0 Å². The van der Waals surface area contributed by atoms with Crippen molar-refractivity contribution in [1.29, 1.82) is 0 Å². The van der Waals surface area contributed by atoms with Crippen LogP contribution in [0.25, 0.3) is 0 Å². The first kappa shape index (κ1) is 26.6. The molecule has 158 valence electrons. The first-order valence-corrected chi connectivity index (χ1v) is 11.9. The molecule has 0 aliphatic carbocycles. The topological polar surface area (TPSA) is 49.4 Å². The van der Waals surface area contributed by atoms with Gasteiger partial charge in [0.15, 0.2) is 11.1 Å². The largest absolute Gasteiger partial charge is 0.380 e. The Morgan fingerprint density at radius 1 is 0.692 bits per heavy atom. The molecule has 0 N–H and O–H groups in total. The maximum Gasteiger partial charge on any atom is 0.182 e. The molecule has 0 saturated carbocycles. The fourth-order valence-electron chi connectivity index (χ4n) is 2.77. The van der Waals surface area contributed by atoms with Gasteiger partial charge in [-0.05, 0) is 19.2 Å². The highest BCUT2D eigenvalue weighted by Gasteiger charge is 2.28. The van der Waals surface area contributed by atoms with E-state index >= 15 is 0 Å². The smallest absolute Gasteiger partial charge is 0.182 e.